The van der Waals surface area contributed by atoms with Gasteiger partial charge in [-0.2, -0.15) is 0 Å². The molecule has 52 heavy (non-hydrogen) atoms. The number of imide groups is 1. The molecule has 0 radical (unpaired) electrons. The van der Waals surface area contributed by atoms with Crippen molar-refractivity contribution in [1.29, 1.82) is 0 Å². The van der Waals surface area contributed by atoms with Crippen LogP contribution in [0.2, 0.25) is 0 Å². The number of nitrogens with one attached hydrogen (secondary N) is 1. The number of rotatable bonds is 20. The topological polar surface area (TPSA) is 171 Å². The number of benzene rings is 3. The largest absolute Gasteiger partial charge is 0.465 e. The van der Waals surface area contributed by atoms with E-state index in [4.69, 9.17) is 23.4 Å². The van der Waals surface area contributed by atoms with E-state index < -0.39 is 27.8 Å². The highest BCUT2D eigenvalue weighted by Crippen LogP contribution is 2.48. The molecule has 1 aromatic heterocycles. The molecule has 3 aromatic carbocycles. The summed E-state index contributed by atoms with van der Waals surface area (Å²) in [5, 5.41) is 11.4. The zero-order valence-electron chi connectivity index (χ0n) is 28.9. The van der Waals surface area contributed by atoms with E-state index >= 15 is 0 Å². The van der Waals surface area contributed by atoms with Crippen LogP contribution in [0.15, 0.2) is 65.1 Å². The van der Waals surface area contributed by atoms with Crippen molar-refractivity contribution in [2.24, 2.45) is 0 Å². The van der Waals surface area contributed by atoms with Gasteiger partial charge >= 0.3 is 6.09 Å². The van der Waals surface area contributed by atoms with Crippen molar-refractivity contribution in [1.82, 2.24) is 5.32 Å². The molecule has 13 nitrogen and oxygen atoms in total. The Kier molecular flexibility index (Phi) is 13.1. The zero-order chi connectivity index (χ0) is 37.3. The number of anilines is 1. The summed E-state index contributed by atoms with van der Waals surface area (Å²) < 4.78 is 69.5. The molecule has 0 bridgehead atoms. The fourth-order valence-electron chi connectivity index (χ4n) is 5.57. The smallest absolute Gasteiger partial charge is 0.411 e. The molecule has 0 atom stereocenters. The molecule has 1 aliphatic rings. The summed E-state index contributed by atoms with van der Waals surface area (Å²) in [5.74, 6) is -1.37. The molecule has 15 heteroatoms. The molecule has 5 rings (SSSR count). The van der Waals surface area contributed by atoms with E-state index in [1.165, 1.54) is 41.6 Å². The molecule has 278 valence electrons. The van der Waals surface area contributed by atoms with Crippen LogP contribution in [-0.4, -0.2) is 90.4 Å². The third kappa shape index (κ3) is 10.4. The maximum atomic E-state index is 13.7. The van der Waals surface area contributed by atoms with Gasteiger partial charge < -0.3 is 28.5 Å². The van der Waals surface area contributed by atoms with Gasteiger partial charge in [0, 0.05) is 22.6 Å². The number of furan rings is 1. The minimum atomic E-state index is -3.80. The fraction of sp³-hybridized carbons (Fsp3) is 0.378. The first-order valence-corrected chi connectivity index (χ1v) is 18.6. The lowest BCUT2D eigenvalue weighted by Crippen LogP contribution is -2.34. The standard InChI is InChI=1S/C37H41FN2O11S/c1-24(41)26-5-3-25(4-6-26)23-50-20-19-49-18-17-48-16-15-47-14-13-40(52(2,45)46)32-22-33-31(21-30(32)27-7-8-27)34(36(42)39-37(43)44)35(51-33)28-9-11-29(38)12-10-28/h3-6,9-12,21-22,27H,7-8,13-20,23H2,1-2H3,(H,39,42)(H,43,44). The number of carbonyl (C=O) groups excluding carboxylic acids is 2. The minimum Gasteiger partial charge on any atom is -0.465 e. The third-order valence-electron chi connectivity index (χ3n) is 8.26. The first kappa shape index (κ1) is 38.6. The van der Waals surface area contributed by atoms with Gasteiger partial charge in [-0.1, -0.05) is 24.3 Å². The van der Waals surface area contributed by atoms with Crippen LogP contribution in [0.3, 0.4) is 0 Å². The summed E-state index contributed by atoms with van der Waals surface area (Å²) in [4.78, 5) is 35.8. The molecule has 1 aliphatic carbocycles. The Morgan fingerprint density at radius 2 is 1.48 bits per heavy atom. The van der Waals surface area contributed by atoms with Gasteiger partial charge in [-0.3, -0.25) is 19.2 Å². The average molecular weight is 741 g/mol. The van der Waals surface area contributed by atoms with Crippen LogP contribution in [0.5, 0.6) is 0 Å². The number of hydrogen-bond acceptors (Lipinski definition) is 10. The second kappa shape index (κ2) is 17.7. The number of carboxylic acid groups (broad SMARTS) is 1. The second-order valence-electron chi connectivity index (χ2n) is 12.2. The number of ketones is 1. The molecular formula is C37H41FN2O11S. The third-order valence-corrected chi connectivity index (χ3v) is 9.44. The van der Waals surface area contributed by atoms with E-state index in [1.807, 2.05) is 17.4 Å². The van der Waals surface area contributed by atoms with Gasteiger partial charge in [-0.15, -0.1) is 0 Å². The van der Waals surface area contributed by atoms with Gasteiger partial charge in [0.25, 0.3) is 5.91 Å². The lowest BCUT2D eigenvalue weighted by molar-refractivity contribution is -0.00330. The van der Waals surface area contributed by atoms with Crippen molar-refractivity contribution < 1.29 is 55.7 Å². The molecule has 1 fully saturated rings. The number of nitrogens with zero attached hydrogens (tertiary/aromatic N) is 1. The summed E-state index contributed by atoms with van der Waals surface area (Å²) in [6.45, 7) is 3.98. The predicted molar refractivity (Wildman–Crippen MR) is 190 cm³/mol. The lowest BCUT2D eigenvalue weighted by atomic mass is 10.0. The van der Waals surface area contributed by atoms with Gasteiger partial charge in [0.1, 0.15) is 17.2 Å². The Bertz CT molecular complexity index is 1980. The van der Waals surface area contributed by atoms with Crippen LogP contribution in [-0.2, 0) is 35.6 Å². The molecule has 2 N–H and O–H groups in total. The minimum absolute atomic E-state index is 0.00801. The van der Waals surface area contributed by atoms with Crippen LogP contribution in [0, 0.1) is 5.82 Å². The fourth-order valence-corrected chi connectivity index (χ4v) is 6.50. The van der Waals surface area contributed by atoms with Crippen LogP contribution in [0.25, 0.3) is 22.3 Å². The van der Waals surface area contributed by atoms with E-state index in [1.54, 1.807) is 18.2 Å². The quantitative estimate of drug-likeness (QED) is 0.0834. The molecule has 1 heterocycles. The van der Waals surface area contributed by atoms with E-state index in [9.17, 15) is 32.3 Å². The highest BCUT2D eigenvalue weighted by atomic mass is 32.2. The molecule has 1 saturated carbocycles. The maximum Gasteiger partial charge on any atom is 0.411 e. The number of hydrogen-bond donors (Lipinski definition) is 2. The number of Topliss-reactive ketones (excluding diaryl/α,β-unsaturated/α-hetero) is 1. The number of ether oxygens (including phenoxy) is 4. The molecule has 0 unspecified atom stereocenters. The Balaban J connectivity index is 1.14. The number of fused-ring (bicyclic) bond motifs is 1. The van der Waals surface area contributed by atoms with Gasteiger partial charge in [0.2, 0.25) is 10.0 Å². The molecule has 2 amide bonds. The predicted octanol–water partition coefficient (Wildman–Crippen LogP) is 5.76. The van der Waals surface area contributed by atoms with Crippen LogP contribution < -0.4 is 9.62 Å². The number of sulfonamides is 1. The van der Waals surface area contributed by atoms with Gasteiger partial charge in [-0.25, -0.2) is 17.6 Å². The average Bonchev–Trinajstić information content (AvgIpc) is 3.87. The number of halogens is 1. The van der Waals surface area contributed by atoms with Crippen molar-refractivity contribution in [3.05, 3.63) is 88.7 Å². The van der Waals surface area contributed by atoms with Gasteiger partial charge in [-0.05, 0) is 67.1 Å². The Morgan fingerprint density at radius 3 is 2.04 bits per heavy atom. The van der Waals surface area contributed by atoms with E-state index in [2.05, 4.69) is 0 Å². The SMILES string of the molecule is CC(=O)c1ccc(COCCOCCOCCOCCN(c2cc3oc(-c4ccc(F)cc4)c(C(=O)NC(=O)O)c3cc2C2CC2)S(C)(=O)=O)cc1. The highest BCUT2D eigenvalue weighted by molar-refractivity contribution is 7.92. The molecule has 0 aliphatic heterocycles. The maximum absolute atomic E-state index is 13.7. The van der Waals surface area contributed by atoms with Crippen molar-refractivity contribution >= 4 is 44.5 Å². The Morgan fingerprint density at radius 1 is 0.885 bits per heavy atom. The van der Waals surface area contributed by atoms with Crippen molar-refractivity contribution in [3.63, 3.8) is 0 Å². The Hall–Kier alpha value is -4.67. The van der Waals surface area contributed by atoms with Gasteiger partial charge in [0.15, 0.2) is 5.78 Å². The monoisotopic (exact) mass is 740 g/mol. The van der Waals surface area contributed by atoms with Crippen LogP contribution in [0.4, 0.5) is 14.9 Å². The molecule has 0 spiro atoms. The van der Waals surface area contributed by atoms with Crippen LogP contribution in [0.1, 0.15) is 57.5 Å². The number of carbonyl (C=O) groups is 3. The Labute approximate surface area is 300 Å². The van der Waals surface area contributed by atoms with Crippen LogP contribution >= 0.6 is 0 Å². The van der Waals surface area contributed by atoms with E-state index in [0.29, 0.717) is 60.8 Å². The first-order chi connectivity index (χ1) is 24.9. The first-order valence-electron chi connectivity index (χ1n) is 16.7. The van der Waals surface area contributed by atoms with Gasteiger partial charge in [0.05, 0.1) is 76.9 Å². The van der Waals surface area contributed by atoms with E-state index in [0.717, 1.165) is 24.7 Å². The van der Waals surface area contributed by atoms with Crippen molar-refractivity contribution in [2.45, 2.75) is 32.3 Å². The molecule has 0 saturated heterocycles. The van der Waals surface area contributed by atoms with Crippen molar-refractivity contribution in [2.75, 3.05) is 63.4 Å². The summed E-state index contributed by atoms with van der Waals surface area (Å²) in [5.41, 5.74) is 3.10. The number of amides is 2. The second-order valence-corrected chi connectivity index (χ2v) is 14.1. The normalized spacial score (nSPS) is 13.0. The molecule has 4 aromatic rings. The van der Waals surface area contributed by atoms with Crippen molar-refractivity contribution in [3.8, 4) is 11.3 Å². The summed E-state index contributed by atoms with van der Waals surface area (Å²) in [7, 11) is -3.80. The highest BCUT2D eigenvalue weighted by Gasteiger charge is 2.33. The summed E-state index contributed by atoms with van der Waals surface area (Å²) in [6.07, 6.45) is 1.14. The lowest BCUT2D eigenvalue weighted by Gasteiger charge is -2.25. The summed E-state index contributed by atoms with van der Waals surface area (Å²) in [6, 6.07) is 15.6. The zero-order valence-corrected chi connectivity index (χ0v) is 29.7. The molecular weight excluding hydrogens is 699 g/mol. The van der Waals surface area contributed by atoms with E-state index in [-0.39, 0.29) is 55.0 Å². The summed E-state index contributed by atoms with van der Waals surface area (Å²) >= 11 is 0.